The molecule has 0 aliphatic heterocycles. The van der Waals surface area contributed by atoms with Gasteiger partial charge in [-0.1, -0.05) is 13.3 Å². The number of rotatable bonds is 5. The Morgan fingerprint density at radius 3 is 2.89 bits per heavy atom. The Morgan fingerprint density at radius 1 is 1.32 bits per heavy atom. The number of nitrogens with one attached hydrogen (secondary N) is 1. The maximum Gasteiger partial charge on any atom is 0.411 e. The molecule has 2 rings (SSSR count). The highest BCUT2D eigenvalue weighted by Gasteiger charge is 2.06. The van der Waals surface area contributed by atoms with Crippen molar-refractivity contribution in [3.63, 3.8) is 0 Å². The number of benzene rings is 1. The number of furan rings is 1. The van der Waals surface area contributed by atoms with Crippen LogP contribution in [0.3, 0.4) is 0 Å². The average molecular weight is 261 g/mol. The van der Waals surface area contributed by atoms with Crippen LogP contribution >= 0.6 is 0 Å². The van der Waals surface area contributed by atoms with Gasteiger partial charge in [0.1, 0.15) is 11.3 Å². The lowest BCUT2D eigenvalue weighted by Crippen LogP contribution is -2.12. The summed E-state index contributed by atoms with van der Waals surface area (Å²) in [6, 6.07) is 7.60. The van der Waals surface area contributed by atoms with Crippen LogP contribution < -0.4 is 5.32 Å². The quantitative estimate of drug-likeness (QED) is 0.870. The number of carbonyl (C=O) groups excluding carboxylic acids is 1. The molecule has 1 amide bonds. The predicted molar refractivity (Wildman–Crippen MR) is 75.5 cm³/mol. The van der Waals surface area contributed by atoms with E-state index in [0.717, 1.165) is 36.0 Å². The van der Waals surface area contributed by atoms with Crippen LogP contribution in [0.25, 0.3) is 11.0 Å². The van der Waals surface area contributed by atoms with Gasteiger partial charge >= 0.3 is 6.09 Å². The number of fused-ring (bicyclic) bond motifs is 1. The number of unbranched alkanes of at least 4 members (excludes halogenated alkanes) is 1. The molecule has 0 aliphatic carbocycles. The Morgan fingerprint density at radius 2 is 2.16 bits per heavy atom. The van der Waals surface area contributed by atoms with Gasteiger partial charge in [0.2, 0.25) is 0 Å². The molecule has 102 valence electrons. The van der Waals surface area contributed by atoms with Crippen molar-refractivity contribution >= 4 is 22.7 Å². The number of anilines is 1. The minimum Gasteiger partial charge on any atom is -0.461 e. The van der Waals surface area contributed by atoms with Crippen molar-refractivity contribution in [3.8, 4) is 0 Å². The second kappa shape index (κ2) is 6.27. The molecule has 19 heavy (non-hydrogen) atoms. The van der Waals surface area contributed by atoms with E-state index in [9.17, 15) is 4.79 Å². The van der Waals surface area contributed by atoms with Crippen LogP contribution in [0.15, 0.2) is 28.7 Å². The molecule has 0 fully saturated rings. The van der Waals surface area contributed by atoms with Crippen LogP contribution in [-0.2, 0) is 11.2 Å². The van der Waals surface area contributed by atoms with E-state index in [1.165, 1.54) is 0 Å². The third-order valence-corrected chi connectivity index (χ3v) is 2.87. The van der Waals surface area contributed by atoms with E-state index in [2.05, 4.69) is 12.2 Å². The van der Waals surface area contributed by atoms with Gasteiger partial charge in [-0.25, -0.2) is 4.79 Å². The van der Waals surface area contributed by atoms with E-state index in [1.54, 1.807) is 6.92 Å². The third-order valence-electron chi connectivity index (χ3n) is 2.87. The van der Waals surface area contributed by atoms with Crippen molar-refractivity contribution in [1.29, 1.82) is 0 Å². The second-order valence-electron chi connectivity index (χ2n) is 4.41. The molecule has 0 atom stereocenters. The molecule has 1 aromatic carbocycles. The monoisotopic (exact) mass is 261 g/mol. The topological polar surface area (TPSA) is 51.5 Å². The molecule has 0 saturated heterocycles. The van der Waals surface area contributed by atoms with Gasteiger partial charge in [-0.05, 0) is 37.6 Å². The number of hydrogen-bond acceptors (Lipinski definition) is 3. The second-order valence-corrected chi connectivity index (χ2v) is 4.41. The summed E-state index contributed by atoms with van der Waals surface area (Å²) in [5.41, 5.74) is 1.56. The molecule has 0 bridgehead atoms. The number of ether oxygens (including phenoxy) is 1. The molecule has 0 unspecified atom stereocenters. The molecule has 1 aromatic heterocycles. The van der Waals surface area contributed by atoms with E-state index in [-0.39, 0.29) is 0 Å². The summed E-state index contributed by atoms with van der Waals surface area (Å²) in [5.74, 6) is 0.991. The highest BCUT2D eigenvalue weighted by molar-refractivity contribution is 5.89. The maximum absolute atomic E-state index is 11.3. The van der Waals surface area contributed by atoms with Crippen molar-refractivity contribution in [2.75, 3.05) is 11.9 Å². The lowest BCUT2D eigenvalue weighted by Gasteiger charge is -2.04. The van der Waals surface area contributed by atoms with Crippen LogP contribution in [0.5, 0.6) is 0 Å². The van der Waals surface area contributed by atoms with Gasteiger partial charge in [0.15, 0.2) is 0 Å². The Balaban J connectivity index is 2.13. The van der Waals surface area contributed by atoms with Crippen LogP contribution in [0.2, 0.25) is 0 Å². The molecule has 2 aromatic rings. The first kappa shape index (κ1) is 13.5. The Hall–Kier alpha value is -1.97. The fraction of sp³-hybridized carbons (Fsp3) is 0.400. The molecular weight excluding hydrogens is 242 g/mol. The Labute approximate surface area is 112 Å². The SMILES string of the molecule is CCCCc1cc2cc(NC(=O)OCC)ccc2o1. The van der Waals surface area contributed by atoms with E-state index >= 15 is 0 Å². The molecule has 1 N–H and O–H groups in total. The molecule has 0 saturated carbocycles. The highest BCUT2D eigenvalue weighted by atomic mass is 16.5. The fourth-order valence-electron chi connectivity index (χ4n) is 1.94. The van der Waals surface area contributed by atoms with E-state index in [1.807, 2.05) is 24.3 Å². The summed E-state index contributed by atoms with van der Waals surface area (Å²) in [5, 5.41) is 3.68. The van der Waals surface area contributed by atoms with Crippen molar-refractivity contribution < 1.29 is 13.9 Å². The zero-order chi connectivity index (χ0) is 13.7. The summed E-state index contributed by atoms with van der Waals surface area (Å²) < 4.78 is 10.6. The van der Waals surface area contributed by atoms with Crippen LogP contribution in [0.4, 0.5) is 10.5 Å². The largest absolute Gasteiger partial charge is 0.461 e. The summed E-state index contributed by atoms with van der Waals surface area (Å²) in [6.07, 6.45) is 2.78. The first-order chi connectivity index (χ1) is 9.22. The summed E-state index contributed by atoms with van der Waals surface area (Å²) in [6.45, 7) is 4.30. The maximum atomic E-state index is 11.3. The molecule has 0 radical (unpaired) electrons. The van der Waals surface area contributed by atoms with Gasteiger partial charge in [-0.15, -0.1) is 0 Å². The van der Waals surface area contributed by atoms with Gasteiger partial charge in [0.25, 0.3) is 0 Å². The van der Waals surface area contributed by atoms with E-state index in [0.29, 0.717) is 12.3 Å². The number of amides is 1. The lowest BCUT2D eigenvalue weighted by molar-refractivity contribution is 0.168. The Kier molecular flexibility index (Phi) is 4.44. The average Bonchev–Trinajstić information content (AvgIpc) is 2.78. The Bertz CT molecular complexity index is 560. The van der Waals surface area contributed by atoms with Crippen molar-refractivity contribution in [1.82, 2.24) is 0 Å². The van der Waals surface area contributed by atoms with Crippen LogP contribution in [0, 0.1) is 0 Å². The van der Waals surface area contributed by atoms with E-state index in [4.69, 9.17) is 9.15 Å². The normalized spacial score (nSPS) is 10.6. The molecule has 4 nitrogen and oxygen atoms in total. The summed E-state index contributed by atoms with van der Waals surface area (Å²) in [4.78, 5) is 11.3. The standard InChI is InChI=1S/C15H19NO3/c1-3-5-6-13-10-11-9-12(7-8-14(11)19-13)16-15(17)18-4-2/h7-10H,3-6H2,1-2H3,(H,16,17). The number of hydrogen-bond donors (Lipinski definition) is 1. The van der Waals surface area contributed by atoms with Crippen molar-refractivity contribution in [3.05, 3.63) is 30.0 Å². The van der Waals surface area contributed by atoms with Crippen LogP contribution in [-0.4, -0.2) is 12.7 Å². The number of aryl methyl sites for hydroxylation is 1. The first-order valence-corrected chi connectivity index (χ1v) is 6.69. The first-order valence-electron chi connectivity index (χ1n) is 6.69. The van der Waals surface area contributed by atoms with Gasteiger partial charge in [-0.2, -0.15) is 0 Å². The predicted octanol–water partition coefficient (Wildman–Crippen LogP) is 4.34. The smallest absolute Gasteiger partial charge is 0.411 e. The van der Waals surface area contributed by atoms with E-state index < -0.39 is 6.09 Å². The highest BCUT2D eigenvalue weighted by Crippen LogP contribution is 2.24. The molecule has 4 heteroatoms. The van der Waals surface area contributed by atoms with Gasteiger partial charge in [0, 0.05) is 17.5 Å². The minimum absolute atomic E-state index is 0.362. The molecule has 0 spiro atoms. The lowest BCUT2D eigenvalue weighted by atomic mass is 10.2. The summed E-state index contributed by atoms with van der Waals surface area (Å²) in [7, 11) is 0. The molecule has 0 aliphatic rings. The minimum atomic E-state index is -0.434. The fourth-order valence-corrected chi connectivity index (χ4v) is 1.94. The third kappa shape index (κ3) is 3.50. The number of carbonyl (C=O) groups is 1. The summed E-state index contributed by atoms with van der Waals surface area (Å²) >= 11 is 0. The van der Waals surface area contributed by atoms with Gasteiger partial charge < -0.3 is 9.15 Å². The van der Waals surface area contributed by atoms with Gasteiger partial charge in [0.05, 0.1) is 6.61 Å². The van der Waals surface area contributed by atoms with Gasteiger partial charge in [-0.3, -0.25) is 5.32 Å². The van der Waals surface area contributed by atoms with Crippen molar-refractivity contribution in [2.24, 2.45) is 0 Å². The van der Waals surface area contributed by atoms with Crippen LogP contribution in [0.1, 0.15) is 32.4 Å². The molecule has 1 heterocycles. The van der Waals surface area contributed by atoms with Crippen molar-refractivity contribution in [2.45, 2.75) is 33.1 Å². The molecular formula is C15H19NO3. The zero-order valence-corrected chi connectivity index (χ0v) is 11.4. The zero-order valence-electron chi connectivity index (χ0n) is 11.4.